The van der Waals surface area contributed by atoms with Gasteiger partial charge in [-0.25, -0.2) is 0 Å². The van der Waals surface area contributed by atoms with Crippen LogP contribution >= 0.6 is 11.6 Å². The van der Waals surface area contributed by atoms with E-state index in [1.807, 2.05) is 31.2 Å². The largest absolute Gasteiger partial charge is 0.347 e. The average Bonchev–Trinajstić information content (AvgIpc) is 2.25. The maximum atomic E-state index is 11.8. The van der Waals surface area contributed by atoms with Crippen molar-refractivity contribution >= 4 is 17.5 Å². The molecule has 0 aromatic heterocycles. The van der Waals surface area contributed by atoms with Crippen LogP contribution in [0.3, 0.4) is 0 Å². The zero-order chi connectivity index (χ0) is 12.3. The third-order valence-corrected chi connectivity index (χ3v) is 3.71. The third-order valence-electron chi connectivity index (χ3n) is 3.46. The molecule has 0 radical (unpaired) electrons. The van der Waals surface area contributed by atoms with Crippen LogP contribution in [0.1, 0.15) is 44.6 Å². The van der Waals surface area contributed by atoms with Crippen molar-refractivity contribution in [3.05, 3.63) is 34.9 Å². The highest BCUT2D eigenvalue weighted by molar-refractivity contribution is 6.30. The highest BCUT2D eigenvalue weighted by Gasteiger charge is 2.39. The Balaban J connectivity index is 2.14. The fourth-order valence-electron chi connectivity index (χ4n) is 2.34. The fraction of sp³-hybridized carbons (Fsp3) is 0.500. The second-order valence-corrected chi connectivity index (χ2v) is 5.18. The summed E-state index contributed by atoms with van der Waals surface area (Å²) in [7, 11) is 0. The van der Waals surface area contributed by atoms with E-state index in [0.29, 0.717) is 6.42 Å². The Hall–Kier alpha value is -1.02. The minimum atomic E-state index is -0.128. The minimum Gasteiger partial charge on any atom is -0.347 e. The van der Waals surface area contributed by atoms with Crippen LogP contribution in [-0.4, -0.2) is 5.91 Å². The molecule has 0 saturated heterocycles. The van der Waals surface area contributed by atoms with Crippen molar-refractivity contribution in [2.45, 2.75) is 44.6 Å². The molecular weight excluding hydrogens is 234 g/mol. The van der Waals surface area contributed by atoms with Gasteiger partial charge in [0.15, 0.2) is 0 Å². The normalized spacial score (nSPS) is 17.3. The quantitative estimate of drug-likeness (QED) is 0.870. The number of amides is 1. The SMILES string of the molecule is CCCC(=O)NC1(c2ccc(Cl)cc2)CCC1. The van der Waals surface area contributed by atoms with Crippen LogP contribution in [0, 0.1) is 0 Å². The summed E-state index contributed by atoms with van der Waals surface area (Å²) >= 11 is 5.89. The first-order valence-corrected chi connectivity index (χ1v) is 6.61. The molecule has 17 heavy (non-hydrogen) atoms. The third kappa shape index (κ3) is 2.63. The van der Waals surface area contributed by atoms with Crippen LogP contribution < -0.4 is 5.32 Å². The van der Waals surface area contributed by atoms with Gasteiger partial charge in [-0.15, -0.1) is 0 Å². The molecule has 0 heterocycles. The van der Waals surface area contributed by atoms with Gasteiger partial charge >= 0.3 is 0 Å². The van der Waals surface area contributed by atoms with Crippen molar-refractivity contribution in [3.63, 3.8) is 0 Å². The summed E-state index contributed by atoms with van der Waals surface area (Å²) in [5.41, 5.74) is 1.05. The zero-order valence-electron chi connectivity index (χ0n) is 10.1. The predicted octanol–water partition coefficient (Wildman–Crippen LogP) is 3.64. The lowest BCUT2D eigenvalue weighted by Gasteiger charge is -2.43. The standard InChI is InChI=1S/C14H18ClNO/c1-2-4-13(17)16-14(9-3-10-14)11-5-7-12(15)8-6-11/h5-8H,2-4,9-10H2,1H3,(H,16,17). The predicted molar refractivity (Wildman–Crippen MR) is 70.0 cm³/mol. The van der Waals surface area contributed by atoms with Gasteiger partial charge < -0.3 is 5.32 Å². The topological polar surface area (TPSA) is 29.1 Å². The smallest absolute Gasteiger partial charge is 0.220 e. The number of carbonyl (C=O) groups excluding carboxylic acids is 1. The van der Waals surface area contributed by atoms with E-state index >= 15 is 0 Å². The van der Waals surface area contributed by atoms with Crippen LogP contribution in [-0.2, 0) is 10.3 Å². The van der Waals surface area contributed by atoms with Gasteiger partial charge in [-0.3, -0.25) is 4.79 Å². The van der Waals surface area contributed by atoms with Crippen molar-refractivity contribution in [3.8, 4) is 0 Å². The van der Waals surface area contributed by atoms with Gasteiger partial charge in [0.2, 0.25) is 5.91 Å². The Morgan fingerprint density at radius 3 is 2.47 bits per heavy atom. The van der Waals surface area contributed by atoms with Gasteiger partial charge in [0.1, 0.15) is 0 Å². The molecule has 1 saturated carbocycles. The van der Waals surface area contributed by atoms with Crippen LogP contribution in [0.2, 0.25) is 5.02 Å². The number of benzene rings is 1. The number of hydrogen-bond donors (Lipinski definition) is 1. The zero-order valence-corrected chi connectivity index (χ0v) is 10.9. The van der Waals surface area contributed by atoms with Crippen molar-refractivity contribution in [2.75, 3.05) is 0 Å². The molecule has 1 aliphatic rings. The molecule has 2 rings (SSSR count). The van der Waals surface area contributed by atoms with E-state index in [4.69, 9.17) is 11.6 Å². The van der Waals surface area contributed by atoms with Gasteiger partial charge in [-0.2, -0.15) is 0 Å². The lowest BCUT2D eigenvalue weighted by atomic mass is 9.71. The summed E-state index contributed by atoms with van der Waals surface area (Å²) in [6, 6.07) is 7.83. The first-order chi connectivity index (χ1) is 8.16. The Bertz CT molecular complexity index is 395. The molecule has 1 aromatic carbocycles. The van der Waals surface area contributed by atoms with Crippen LogP contribution in [0.4, 0.5) is 0 Å². The first-order valence-electron chi connectivity index (χ1n) is 6.23. The Labute approximate surface area is 107 Å². The molecule has 0 unspecified atom stereocenters. The molecule has 0 aliphatic heterocycles. The van der Waals surface area contributed by atoms with Gasteiger partial charge in [-0.1, -0.05) is 30.7 Å². The summed E-state index contributed by atoms with van der Waals surface area (Å²) in [6.45, 7) is 2.02. The van der Waals surface area contributed by atoms with E-state index in [9.17, 15) is 4.79 Å². The monoisotopic (exact) mass is 251 g/mol. The van der Waals surface area contributed by atoms with Crippen molar-refractivity contribution in [1.82, 2.24) is 5.32 Å². The Morgan fingerprint density at radius 1 is 1.35 bits per heavy atom. The van der Waals surface area contributed by atoms with E-state index in [1.54, 1.807) is 0 Å². The van der Waals surface area contributed by atoms with E-state index in [2.05, 4.69) is 5.32 Å². The molecule has 1 aromatic rings. The number of nitrogens with one attached hydrogen (secondary N) is 1. The Kier molecular flexibility index (Phi) is 3.72. The van der Waals surface area contributed by atoms with Crippen LogP contribution in [0.25, 0.3) is 0 Å². The molecule has 1 fully saturated rings. The molecule has 0 atom stereocenters. The van der Waals surface area contributed by atoms with E-state index in [0.717, 1.165) is 24.3 Å². The average molecular weight is 252 g/mol. The van der Waals surface area contributed by atoms with Crippen LogP contribution in [0.15, 0.2) is 24.3 Å². The fourth-order valence-corrected chi connectivity index (χ4v) is 2.47. The molecule has 0 bridgehead atoms. The molecule has 0 spiro atoms. The van der Waals surface area contributed by atoms with Crippen LogP contribution in [0.5, 0.6) is 0 Å². The molecule has 3 heteroatoms. The lowest BCUT2D eigenvalue weighted by molar-refractivity contribution is -0.124. The summed E-state index contributed by atoms with van der Waals surface area (Å²) in [5.74, 6) is 0.155. The van der Waals surface area contributed by atoms with E-state index in [-0.39, 0.29) is 11.4 Å². The number of halogens is 1. The molecule has 92 valence electrons. The van der Waals surface area contributed by atoms with E-state index in [1.165, 1.54) is 12.0 Å². The summed E-state index contributed by atoms with van der Waals surface area (Å²) in [6.07, 6.45) is 4.74. The van der Waals surface area contributed by atoms with Gasteiger partial charge in [0.25, 0.3) is 0 Å². The molecular formula is C14H18ClNO. The highest BCUT2D eigenvalue weighted by atomic mass is 35.5. The van der Waals surface area contributed by atoms with Gasteiger partial charge in [0, 0.05) is 11.4 Å². The van der Waals surface area contributed by atoms with E-state index < -0.39 is 0 Å². The van der Waals surface area contributed by atoms with Crippen molar-refractivity contribution in [1.29, 1.82) is 0 Å². The highest BCUT2D eigenvalue weighted by Crippen LogP contribution is 2.41. The van der Waals surface area contributed by atoms with Crippen molar-refractivity contribution in [2.24, 2.45) is 0 Å². The molecule has 2 nitrogen and oxygen atoms in total. The van der Waals surface area contributed by atoms with Gasteiger partial charge in [0.05, 0.1) is 5.54 Å². The lowest BCUT2D eigenvalue weighted by Crippen LogP contribution is -2.50. The Morgan fingerprint density at radius 2 is 2.00 bits per heavy atom. The van der Waals surface area contributed by atoms with Gasteiger partial charge in [-0.05, 0) is 43.4 Å². The summed E-state index contributed by atoms with van der Waals surface area (Å²) in [5, 5.41) is 3.92. The first kappa shape index (κ1) is 12.4. The molecule has 1 aliphatic carbocycles. The summed E-state index contributed by atoms with van der Waals surface area (Å²) in [4.78, 5) is 11.8. The number of carbonyl (C=O) groups is 1. The second-order valence-electron chi connectivity index (χ2n) is 4.74. The molecule has 1 N–H and O–H groups in total. The van der Waals surface area contributed by atoms with Crippen molar-refractivity contribution < 1.29 is 4.79 Å². The summed E-state index contributed by atoms with van der Waals surface area (Å²) < 4.78 is 0. The number of hydrogen-bond acceptors (Lipinski definition) is 1. The minimum absolute atomic E-state index is 0.128. The second kappa shape index (κ2) is 5.09. The molecule has 1 amide bonds. The maximum absolute atomic E-state index is 11.8. The maximum Gasteiger partial charge on any atom is 0.220 e. The number of rotatable bonds is 4.